The number of benzene rings is 1. The smallest absolute Gasteiger partial charge is 0.0921 e. The van der Waals surface area contributed by atoms with Crippen LogP contribution in [0.15, 0.2) is 36.8 Å². The van der Waals surface area contributed by atoms with Crippen molar-refractivity contribution in [1.29, 1.82) is 0 Å². The molecule has 1 aliphatic carbocycles. The average Bonchev–Trinajstić information content (AvgIpc) is 3.08. The van der Waals surface area contributed by atoms with Gasteiger partial charge in [0.15, 0.2) is 0 Å². The summed E-state index contributed by atoms with van der Waals surface area (Å²) in [6, 6.07) is 8.78. The lowest BCUT2D eigenvalue weighted by Crippen LogP contribution is -2.26. The summed E-state index contributed by atoms with van der Waals surface area (Å²) in [5.41, 5.74) is 4.53. The van der Waals surface area contributed by atoms with E-state index in [4.69, 9.17) is 0 Å². The van der Waals surface area contributed by atoms with Crippen molar-refractivity contribution in [2.24, 2.45) is 0 Å². The van der Waals surface area contributed by atoms with Crippen molar-refractivity contribution in [3.63, 3.8) is 0 Å². The van der Waals surface area contributed by atoms with E-state index in [1.165, 1.54) is 16.8 Å². The van der Waals surface area contributed by atoms with Gasteiger partial charge in [0.2, 0.25) is 0 Å². The van der Waals surface area contributed by atoms with Crippen molar-refractivity contribution in [2.45, 2.75) is 45.4 Å². The van der Waals surface area contributed by atoms with Crippen LogP contribution < -0.4 is 0 Å². The first-order valence-electron chi connectivity index (χ1n) is 6.90. The number of fused-ring (bicyclic) bond motifs is 1. The SMILES string of the molecule is CC.CCC1(c2cnc[nH]2)Cc2ccccc2C1. The Morgan fingerprint density at radius 2 is 1.78 bits per heavy atom. The lowest BCUT2D eigenvalue weighted by Gasteiger charge is -2.25. The molecule has 0 unspecified atom stereocenters. The molecule has 0 aliphatic heterocycles. The third-order valence-corrected chi connectivity index (χ3v) is 3.92. The number of aromatic amines is 1. The van der Waals surface area contributed by atoms with E-state index in [0.29, 0.717) is 0 Å². The molecule has 0 atom stereocenters. The van der Waals surface area contributed by atoms with Crippen molar-refractivity contribution in [3.05, 3.63) is 53.6 Å². The molecule has 1 N–H and O–H groups in total. The molecule has 2 aromatic rings. The van der Waals surface area contributed by atoms with E-state index in [1.54, 1.807) is 6.33 Å². The van der Waals surface area contributed by atoms with Crippen molar-refractivity contribution in [1.82, 2.24) is 9.97 Å². The van der Waals surface area contributed by atoms with Crippen LogP contribution in [0.4, 0.5) is 0 Å². The molecule has 1 aromatic carbocycles. The minimum absolute atomic E-state index is 0.250. The average molecular weight is 242 g/mol. The van der Waals surface area contributed by atoms with E-state index in [-0.39, 0.29) is 5.41 Å². The Hall–Kier alpha value is -1.57. The Kier molecular flexibility index (Phi) is 3.85. The van der Waals surface area contributed by atoms with E-state index in [0.717, 1.165) is 19.3 Å². The topological polar surface area (TPSA) is 28.7 Å². The predicted molar refractivity (Wildman–Crippen MR) is 75.8 cm³/mol. The number of hydrogen-bond donors (Lipinski definition) is 1. The first-order valence-corrected chi connectivity index (χ1v) is 6.90. The lowest BCUT2D eigenvalue weighted by molar-refractivity contribution is 0.424. The second-order valence-electron chi connectivity index (χ2n) is 4.72. The van der Waals surface area contributed by atoms with Crippen molar-refractivity contribution < 1.29 is 0 Å². The van der Waals surface area contributed by atoms with E-state index in [9.17, 15) is 0 Å². The minimum Gasteiger partial charge on any atom is -0.348 e. The molecule has 0 amide bonds. The maximum atomic E-state index is 4.17. The van der Waals surface area contributed by atoms with Gasteiger partial charge in [0.25, 0.3) is 0 Å². The summed E-state index contributed by atoms with van der Waals surface area (Å²) in [6.07, 6.45) is 7.21. The molecule has 0 saturated carbocycles. The summed E-state index contributed by atoms with van der Waals surface area (Å²) in [7, 11) is 0. The fourth-order valence-electron chi connectivity index (χ4n) is 2.87. The monoisotopic (exact) mass is 242 g/mol. The molecule has 0 spiro atoms. The largest absolute Gasteiger partial charge is 0.348 e. The highest BCUT2D eigenvalue weighted by Gasteiger charge is 2.38. The molecule has 0 fully saturated rings. The zero-order valence-corrected chi connectivity index (χ0v) is 11.5. The van der Waals surface area contributed by atoms with Gasteiger partial charge in [-0.3, -0.25) is 0 Å². The van der Waals surface area contributed by atoms with Crippen LogP contribution in [0.1, 0.15) is 44.0 Å². The molecule has 2 heteroatoms. The van der Waals surface area contributed by atoms with Crippen molar-refractivity contribution >= 4 is 0 Å². The van der Waals surface area contributed by atoms with E-state index < -0.39 is 0 Å². The quantitative estimate of drug-likeness (QED) is 0.850. The first-order chi connectivity index (χ1) is 8.84. The number of nitrogens with one attached hydrogen (secondary N) is 1. The summed E-state index contributed by atoms with van der Waals surface area (Å²) < 4.78 is 0. The molecular formula is C16H22N2. The molecular weight excluding hydrogens is 220 g/mol. The van der Waals surface area contributed by atoms with Crippen LogP contribution in [0, 0.1) is 0 Å². The number of aromatic nitrogens is 2. The number of hydrogen-bond acceptors (Lipinski definition) is 1. The van der Waals surface area contributed by atoms with Crippen LogP contribution in [-0.2, 0) is 18.3 Å². The highest BCUT2D eigenvalue weighted by atomic mass is 14.9. The molecule has 1 aromatic heterocycles. The van der Waals surface area contributed by atoms with Crippen LogP contribution in [0.3, 0.4) is 0 Å². The summed E-state index contributed by atoms with van der Waals surface area (Å²) >= 11 is 0. The Morgan fingerprint density at radius 3 is 2.22 bits per heavy atom. The van der Waals surface area contributed by atoms with Crippen molar-refractivity contribution in [2.75, 3.05) is 0 Å². The predicted octanol–water partition coefficient (Wildman–Crippen LogP) is 3.88. The van der Waals surface area contributed by atoms with Gasteiger partial charge in [-0.1, -0.05) is 45.0 Å². The highest BCUT2D eigenvalue weighted by Crippen LogP contribution is 2.41. The molecule has 0 radical (unpaired) electrons. The van der Waals surface area contributed by atoms with E-state index in [2.05, 4.69) is 41.2 Å². The maximum absolute atomic E-state index is 4.17. The summed E-state index contributed by atoms with van der Waals surface area (Å²) in [4.78, 5) is 7.46. The van der Waals surface area contributed by atoms with Gasteiger partial charge >= 0.3 is 0 Å². The minimum atomic E-state index is 0.250. The number of rotatable bonds is 2. The Bertz CT molecular complexity index is 461. The van der Waals surface area contributed by atoms with Crippen LogP contribution in [0.25, 0.3) is 0 Å². The van der Waals surface area contributed by atoms with Gasteiger partial charge in [-0.05, 0) is 30.4 Å². The second kappa shape index (κ2) is 5.38. The third kappa shape index (κ3) is 2.07. The van der Waals surface area contributed by atoms with Crippen LogP contribution in [0.5, 0.6) is 0 Å². The maximum Gasteiger partial charge on any atom is 0.0921 e. The van der Waals surface area contributed by atoms with E-state index >= 15 is 0 Å². The van der Waals surface area contributed by atoms with Gasteiger partial charge in [-0.25, -0.2) is 4.98 Å². The van der Waals surface area contributed by atoms with Gasteiger partial charge in [-0.2, -0.15) is 0 Å². The van der Waals surface area contributed by atoms with Gasteiger partial charge in [0, 0.05) is 17.3 Å². The van der Waals surface area contributed by atoms with Crippen LogP contribution in [0.2, 0.25) is 0 Å². The standard InChI is InChI=1S/C14H16N2.C2H6/c1-2-14(13-9-15-10-16-13)7-11-5-3-4-6-12(11)8-14;1-2/h3-6,9-10H,2,7-8H2,1H3,(H,15,16);1-2H3. The first kappa shape index (κ1) is 12.9. The molecule has 3 rings (SSSR count). The second-order valence-corrected chi connectivity index (χ2v) is 4.72. The molecule has 18 heavy (non-hydrogen) atoms. The fraction of sp³-hybridized carbons (Fsp3) is 0.438. The normalized spacial score (nSPS) is 15.7. The molecule has 0 saturated heterocycles. The summed E-state index contributed by atoms with van der Waals surface area (Å²) in [6.45, 7) is 6.27. The van der Waals surface area contributed by atoms with Gasteiger partial charge in [0.05, 0.1) is 6.33 Å². The molecule has 1 heterocycles. The molecule has 2 nitrogen and oxygen atoms in total. The molecule has 0 bridgehead atoms. The zero-order chi connectivity index (χ0) is 13.0. The summed E-state index contributed by atoms with van der Waals surface area (Å²) in [5, 5.41) is 0. The number of H-pyrrole nitrogens is 1. The Morgan fingerprint density at radius 1 is 1.17 bits per heavy atom. The van der Waals surface area contributed by atoms with Gasteiger partial charge in [-0.15, -0.1) is 0 Å². The third-order valence-electron chi connectivity index (χ3n) is 3.92. The van der Waals surface area contributed by atoms with Gasteiger partial charge in [0.1, 0.15) is 0 Å². The summed E-state index contributed by atoms with van der Waals surface area (Å²) in [5.74, 6) is 0. The molecule has 96 valence electrons. The number of nitrogens with zero attached hydrogens (tertiary/aromatic N) is 1. The van der Waals surface area contributed by atoms with E-state index in [1.807, 2.05) is 20.0 Å². The molecule has 1 aliphatic rings. The van der Waals surface area contributed by atoms with Crippen LogP contribution in [-0.4, -0.2) is 9.97 Å². The highest BCUT2D eigenvalue weighted by molar-refractivity contribution is 5.39. The zero-order valence-electron chi connectivity index (χ0n) is 11.5. The van der Waals surface area contributed by atoms with Gasteiger partial charge < -0.3 is 4.98 Å². The fourth-order valence-corrected chi connectivity index (χ4v) is 2.87. The Labute approximate surface area is 109 Å². The lowest BCUT2D eigenvalue weighted by atomic mass is 9.79. The van der Waals surface area contributed by atoms with Crippen molar-refractivity contribution in [3.8, 4) is 0 Å². The van der Waals surface area contributed by atoms with Crippen LogP contribution >= 0.6 is 0 Å². The number of imidazole rings is 1. The Balaban J connectivity index is 0.000000574.